The molecule has 2 atom stereocenters. The number of halogens is 1. The van der Waals surface area contributed by atoms with Crippen molar-refractivity contribution in [3.8, 4) is 11.4 Å². The van der Waals surface area contributed by atoms with Crippen LogP contribution in [0.25, 0.3) is 11.4 Å². The van der Waals surface area contributed by atoms with E-state index >= 15 is 0 Å². The Morgan fingerprint density at radius 1 is 1.34 bits per heavy atom. The smallest absolute Gasteiger partial charge is 0.234 e. The summed E-state index contributed by atoms with van der Waals surface area (Å²) in [4.78, 5) is 18.7. The largest absolute Gasteiger partial charge is 0.351 e. The number of aromatic nitrogens is 2. The molecule has 2 unspecified atom stereocenters. The molecule has 0 bridgehead atoms. The van der Waals surface area contributed by atoms with Crippen molar-refractivity contribution in [2.45, 2.75) is 31.2 Å². The summed E-state index contributed by atoms with van der Waals surface area (Å²) >= 11 is 0. The summed E-state index contributed by atoms with van der Waals surface area (Å²) in [6, 6.07) is 5.73. The third kappa shape index (κ3) is 4.99. The van der Waals surface area contributed by atoms with Crippen LogP contribution in [0.2, 0.25) is 0 Å². The molecule has 156 valence electrons. The fourth-order valence-corrected chi connectivity index (χ4v) is 5.61. The summed E-state index contributed by atoms with van der Waals surface area (Å²) in [6.45, 7) is 1.58. The topological polar surface area (TPSA) is 105 Å². The number of sulfone groups is 1. The highest BCUT2D eigenvalue weighted by atomic mass is 32.2. The van der Waals surface area contributed by atoms with Crippen LogP contribution in [0.5, 0.6) is 0 Å². The van der Waals surface area contributed by atoms with Gasteiger partial charge in [0, 0.05) is 18.2 Å². The molecule has 0 saturated carbocycles. The summed E-state index contributed by atoms with van der Waals surface area (Å²) in [5.74, 6) is 0.449. The molecule has 4 rings (SSSR count). The molecular formula is C19H23FN4O4S. The highest BCUT2D eigenvalue weighted by molar-refractivity contribution is 7.91. The van der Waals surface area contributed by atoms with E-state index in [0.717, 1.165) is 19.4 Å². The summed E-state index contributed by atoms with van der Waals surface area (Å²) < 4.78 is 41.9. The minimum absolute atomic E-state index is 0.00165. The number of carbonyl (C=O) groups excluding carboxylic acids is 1. The normalized spacial score (nSPS) is 24.4. The van der Waals surface area contributed by atoms with Gasteiger partial charge in [-0.2, -0.15) is 4.98 Å². The Kier molecular flexibility index (Phi) is 5.64. The van der Waals surface area contributed by atoms with Crippen molar-refractivity contribution in [1.29, 1.82) is 0 Å². The predicted molar refractivity (Wildman–Crippen MR) is 103 cm³/mol. The maximum Gasteiger partial charge on any atom is 0.234 e. The van der Waals surface area contributed by atoms with Gasteiger partial charge in [0.1, 0.15) is 5.82 Å². The molecule has 10 heteroatoms. The van der Waals surface area contributed by atoms with Crippen molar-refractivity contribution in [2.75, 3.05) is 31.1 Å². The lowest BCUT2D eigenvalue weighted by molar-refractivity contribution is -0.123. The van der Waals surface area contributed by atoms with Crippen LogP contribution in [0.1, 0.15) is 31.1 Å². The van der Waals surface area contributed by atoms with Crippen molar-refractivity contribution < 1.29 is 22.1 Å². The Hall–Kier alpha value is -2.33. The average molecular weight is 422 g/mol. The summed E-state index contributed by atoms with van der Waals surface area (Å²) in [7, 11) is -3.02. The number of hydrogen-bond acceptors (Lipinski definition) is 7. The summed E-state index contributed by atoms with van der Waals surface area (Å²) in [5.41, 5.74) is 0.554. The number of amides is 1. The van der Waals surface area contributed by atoms with Gasteiger partial charge in [0.05, 0.1) is 24.0 Å². The van der Waals surface area contributed by atoms with E-state index in [4.69, 9.17) is 4.52 Å². The number of rotatable bonds is 5. The molecule has 0 radical (unpaired) electrons. The molecule has 0 spiro atoms. The van der Waals surface area contributed by atoms with E-state index in [1.165, 1.54) is 12.1 Å². The van der Waals surface area contributed by atoms with Crippen LogP contribution in [0.4, 0.5) is 4.39 Å². The Morgan fingerprint density at radius 3 is 2.97 bits per heavy atom. The van der Waals surface area contributed by atoms with Gasteiger partial charge in [0.25, 0.3) is 0 Å². The Bertz CT molecular complexity index is 994. The van der Waals surface area contributed by atoms with Crippen LogP contribution < -0.4 is 5.32 Å². The third-order valence-electron chi connectivity index (χ3n) is 5.34. The number of nitrogens with zero attached hydrogens (tertiary/aromatic N) is 3. The predicted octanol–water partition coefficient (Wildman–Crippen LogP) is 1.36. The first-order chi connectivity index (χ1) is 13.9. The SMILES string of the molecule is O=C(CN1CCCC(c2nc(-c3cccc(F)c3)no2)C1)NC1CCS(=O)(=O)C1. The fraction of sp³-hybridized carbons (Fsp3) is 0.526. The van der Waals surface area contributed by atoms with Crippen molar-refractivity contribution in [2.24, 2.45) is 0 Å². The second kappa shape index (κ2) is 8.19. The van der Waals surface area contributed by atoms with Crippen LogP contribution in [0, 0.1) is 5.82 Å². The van der Waals surface area contributed by atoms with Gasteiger partial charge in [-0.1, -0.05) is 17.3 Å². The van der Waals surface area contributed by atoms with Gasteiger partial charge >= 0.3 is 0 Å². The maximum absolute atomic E-state index is 13.4. The highest BCUT2D eigenvalue weighted by Crippen LogP contribution is 2.27. The lowest BCUT2D eigenvalue weighted by atomic mass is 9.98. The van der Waals surface area contributed by atoms with Gasteiger partial charge in [0.15, 0.2) is 9.84 Å². The third-order valence-corrected chi connectivity index (χ3v) is 7.11. The van der Waals surface area contributed by atoms with E-state index in [1.54, 1.807) is 12.1 Å². The minimum Gasteiger partial charge on any atom is -0.351 e. The zero-order valence-corrected chi connectivity index (χ0v) is 16.7. The van der Waals surface area contributed by atoms with Gasteiger partial charge in [-0.3, -0.25) is 9.69 Å². The first-order valence-corrected chi connectivity index (χ1v) is 11.5. The number of likely N-dealkylation sites (tertiary alicyclic amines) is 1. The molecule has 29 heavy (non-hydrogen) atoms. The molecular weight excluding hydrogens is 399 g/mol. The number of carbonyl (C=O) groups is 1. The number of benzene rings is 1. The maximum atomic E-state index is 13.4. The molecule has 1 aromatic heterocycles. The van der Waals surface area contributed by atoms with Gasteiger partial charge in [-0.05, 0) is 37.9 Å². The van der Waals surface area contributed by atoms with E-state index < -0.39 is 9.84 Å². The van der Waals surface area contributed by atoms with E-state index in [-0.39, 0.29) is 41.7 Å². The molecule has 2 aliphatic rings. The molecule has 2 aromatic rings. The van der Waals surface area contributed by atoms with Gasteiger partial charge in [0.2, 0.25) is 17.6 Å². The molecule has 2 saturated heterocycles. The lowest BCUT2D eigenvalue weighted by Gasteiger charge is -2.30. The van der Waals surface area contributed by atoms with Gasteiger partial charge < -0.3 is 9.84 Å². The Labute approximate surface area is 168 Å². The molecule has 0 aliphatic carbocycles. The quantitative estimate of drug-likeness (QED) is 0.776. The van der Waals surface area contributed by atoms with E-state index in [2.05, 4.69) is 15.5 Å². The second-order valence-electron chi connectivity index (χ2n) is 7.71. The van der Waals surface area contributed by atoms with Crippen LogP contribution in [0.3, 0.4) is 0 Å². The monoisotopic (exact) mass is 422 g/mol. The lowest BCUT2D eigenvalue weighted by Crippen LogP contribution is -2.45. The van der Waals surface area contributed by atoms with E-state index in [0.29, 0.717) is 30.2 Å². The number of hydrogen-bond donors (Lipinski definition) is 1. The van der Waals surface area contributed by atoms with Crippen LogP contribution >= 0.6 is 0 Å². The molecule has 2 fully saturated rings. The summed E-state index contributed by atoms with van der Waals surface area (Å²) in [5, 5.41) is 6.78. The molecule has 3 heterocycles. The standard InChI is InChI=1S/C19H23FN4O4S/c20-15-5-1-3-13(9-15)18-22-19(28-23-18)14-4-2-7-24(10-14)11-17(25)21-16-6-8-29(26,27)12-16/h1,3,5,9,14,16H,2,4,6-8,10-12H2,(H,21,25). The van der Waals surface area contributed by atoms with Crippen LogP contribution in [-0.4, -0.2) is 66.5 Å². The number of piperidine rings is 1. The van der Waals surface area contributed by atoms with Crippen molar-refractivity contribution in [3.63, 3.8) is 0 Å². The first-order valence-electron chi connectivity index (χ1n) is 9.70. The zero-order valence-electron chi connectivity index (χ0n) is 15.9. The van der Waals surface area contributed by atoms with Crippen molar-refractivity contribution in [3.05, 3.63) is 36.0 Å². The fourth-order valence-electron chi connectivity index (χ4n) is 3.93. The van der Waals surface area contributed by atoms with Crippen molar-refractivity contribution in [1.82, 2.24) is 20.4 Å². The molecule has 1 amide bonds. The van der Waals surface area contributed by atoms with Crippen molar-refractivity contribution >= 4 is 15.7 Å². The Balaban J connectivity index is 1.34. The molecule has 1 N–H and O–H groups in total. The van der Waals surface area contributed by atoms with Gasteiger partial charge in [-0.25, -0.2) is 12.8 Å². The number of nitrogens with one attached hydrogen (secondary N) is 1. The first kappa shape index (κ1) is 20.0. The van der Waals surface area contributed by atoms with Crippen LogP contribution in [0.15, 0.2) is 28.8 Å². The molecule has 8 nitrogen and oxygen atoms in total. The minimum atomic E-state index is -3.02. The highest BCUT2D eigenvalue weighted by Gasteiger charge is 2.31. The Morgan fingerprint density at radius 2 is 2.21 bits per heavy atom. The van der Waals surface area contributed by atoms with E-state index in [9.17, 15) is 17.6 Å². The molecule has 2 aliphatic heterocycles. The van der Waals surface area contributed by atoms with E-state index in [1.807, 2.05) is 4.90 Å². The van der Waals surface area contributed by atoms with Crippen LogP contribution in [-0.2, 0) is 14.6 Å². The zero-order chi connectivity index (χ0) is 20.4. The summed E-state index contributed by atoms with van der Waals surface area (Å²) in [6.07, 6.45) is 2.22. The van der Waals surface area contributed by atoms with Gasteiger partial charge in [-0.15, -0.1) is 0 Å². The average Bonchev–Trinajstić information content (AvgIpc) is 3.28. The second-order valence-corrected chi connectivity index (χ2v) is 9.94. The molecule has 1 aromatic carbocycles.